The molecule has 1 aromatic carbocycles. The molecule has 0 saturated carbocycles. The molecule has 0 amide bonds. The van der Waals surface area contributed by atoms with Crippen LogP contribution in [0.1, 0.15) is 10.4 Å². The van der Waals surface area contributed by atoms with Gasteiger partial charge >= 0.3 is 0 Å². The van der Waals surface area contributed by atoms with Crippen molar-refractivity contribution in [1.82, 2.24) is 4.57 Å². The number of ether oxygens (including phenoxy) is 2. The Labute approximate surface area is 121 Å². The van der Waals surface area contributed by atoms with E-state index in [0.29, 0.717) is 19.0 Å². The molecule has 0 N–H and O–H groups in total. The lowest BCUT2D eigenvalue weighted by molar-refractivity contribution is 0.102. The molecule has 0 saturated heterocycles. The van der Waals surface area contributed by atoms with Gasteiger partial charge in [-0.05, 0) is 24.3 Å². The number of hydrogen-bond donors (Lipinski definition) is 0. The molecule has 2 aromatic rings. The van der Waals surface area contributed by atoms with Crippen LogP contribution in [0.5, 0.6) is 11.5 Å². The molecule has 0 atom stereocenters. The minimum absolute atomic E-state index is 0.130. The first-order chi connectivity index (χ1) is 9.72. The minimum atomic E-state index is 0.130. The van der Waals surface area contributed by atoms with Crippen LogP contribution in [0.25, 0.3) is 0 Å². The Morgan fingerprint density at radius 3 is 2.80 bits per heavy atom. The van der Waals surface area contributed by atoms with Crippen LogP contribution in [0.4, 0.5) is 0 Å². The molecule has 1 aliphatic rings. The van der Waals surface area contributed by atoms with Crippen molar-refractivity contribution in [3.63, 3.8) is 0 Å². The van der Waals surface area contributed by atoms with Gasteiger partial charge in [0.15, 0.2) is 17.3 Å². The SMILES string of the molecule is Cn1ccc(C(=O)CSc2ccc3c(c2)OCCO3)c1. The zero-order chi connectivity index (χ0) is 13.9. The fraction of sp³-hybridized carbons (Fsp3) is 0.267. The van der Waals surface area contributed by atoms with Gasteiger partial charge in [-0.15, -0.1) is 11.8 Å². The molecule has 1 aromatic heterocycles. The van der Waals surface area contributed by atoms with Gasteiger partial charge < -0.3 is 14.0 Å². The quantitative estimate of drug-likeness (QED) is 0.641. The zero-order valence-corrected chi connectivity index (χ0v) is 12.0. The molecule has 3 rings (SSSR count). The third kappa shape index (κ3) is 2.82. The molecule has 20 heavy (non-hydrogen) atoms. The van der Waals surface area contributed by atoms with Crippen LogP contribution >= 0.6 is 11.8 Å². The van der Waals surface area contributed by atoms with E-state index in [1.165, 1.54) is 11.8 Å². The van der Waals surface area contributed by atoms with Crippen molar-refractivity contribution in [3.8, 4) is 11.5 Å². The van der Waals surface area contributed by atoms with Gasteiger partial charge in [0.25, 0.3) is 0 Å². The van der Waals surface area contributed by atoms with E-state index in [1.54, 1.807) is 0 Å². The topological polar surface area (TPSA) is 40.5 Å². The minimum Gasteiger partial charge on any atom is -0.486 e. The number of ketones is 1. The third-order valence-electron chi connectivity index (χ3n) is 3.04. The van der Waals surface area contributed by atoms with Gasteiger partial charge in [0.1, 0.15) is 13.2 Å². The van der Waals surface area contributed by atoms with Crippen molar-refractivity contribution in [2.75, 3.05) is 19.0 Å². The van der Waals surface area contributed by atoms with E-state index in [9.17, 15) is 4.79 Å². The van der Waals surface area contributed by atoms with E-state index < -0.39 is 0 Å². The summed E-state index contributed by atoms with van der Waals surface area (Å²) in [6.45, 7) is 1.16. The highest BCUT2D eigenvalue weighted by Crippen LogP contribution is 2.34. The molecule has 0 spiro atoms. The smallest absolute Gasteiger partial charge is 0.174 e. The van der Waals surface area contributed by atoms with Gasteiger partial charge in [0, 0.05) is 29.9 Å². The molecule has 0 radical (unpaired) electrons. The number of thioether (sulfide) groups is 1. The summed E-state index contributed by atoms with van der Waals surface area (Å²) in [5.74, 6) is 2.08. The third-order valence-corrected chi connectivity index (χ3v) is 4.03. The lowest BCUT2D eigenvalue weighted by Gasteiger charge is -2.18. The van der Waals surface area contributed by atoms with Gasteiger partial charge in [0.05, 0.1) is 5.75 Å². The maximum absolute atomic E-state index is 12.0. The number of hydrogen-bond acceptors (Lipinski definition) is 4. The summed E-state index contributed by atoms with van der Waals surface area (Å²) in [5, 5.41) is 0. The predicted octanol–water partition coefficient (Wildman–Crippen LogP) is 2.77. The summed E-state index contributed by atoms with van der Waals surface area (Å²) >= 11 is 1.51. The van der Waals surface area contributed by atoms with E-state index in [-0.39, 0.29) is 5.78 Å². The number of aromatic nitrogens is 1. The largest absolute Gasteiger partial charge is 0.486 e. The number of carbonyl (C=O) groups is 1. The van der Waals surface area contributed by atoms with E-state index in [2.05, 4.69) is 0 Å². The second-order valence-electron chi connectivity index (χ2n) is 4.58. The molecule has 0 aliphatic carbocycles. The Kier molecular flexibility index (Phi) is 3.69. The van der Waals surface area contributed by atoms with Crippen LogP contribution in [0, 0.1) is 0 Å². The van der Waals surface area contributed by atoms with Crippen LogP contribution in [-0.2, 0) is 7.05 Å². The van der Waals surface area contributed by atoms with E-state index in [0.717, 1.165) is 22.0 Å². The van der Waals surface area contributed by atoms with E-state index in [4.69, 9.17) is 9.47 Å². The molecule has 104 valence electrons. The van der Waals surface area contributed by atoms with Gasteiger partial charge in [0.2, 0.25) is 0 Å². The number of benzene rings is 1. The Morgan fingerprint density at radius 1 is 1.25 bits per heavy atom. The van der Waals surface area contributed by atoms with E-state index in [1.807, 2.05) is 48.3 Å². The van der Waals surface area contributed by atoms with Gasteiger partial charge in [-0.3, -0.25) is 4.79 Å². The van der Waals surface area contributed by atoms with Crippen molar-refractivity contribution in [3.05, 3.63) is 42.2 Å². The summed E-state index contributed by atoms with van der Waals surface area (Å²) < 4.78 is 12.9. The average molecular weight is 289 g/mol. The highest BCUT2D eigenvalue weighted by molar-refractivity contribution is 8.00. The molecule has 0 fully saturated rings. The van der Waals surface area contributed by atoms with Gasteiger partial charge in [-0.25, -0.2) is 0 Å². The second-order valence-corrected chi connectivity index (χ2v) is 5.63. The first-order valence-corrected chi connectivity index (χ1v) is 7.38. The summed E-state index contributed by atoms with van der Waals surface area (Å²) in [6, 6.07) is 7.62. The van der Waals surface area contributed by atoms with Crippen LogP contribution in [-0.4, -0.2) is 29.3 Å². The van der Waals surface area contributed by atoms with Crippen molar-refractivity contribution in [2.45, 2.75) is 4.90 Å². The highest BCUT2D eigenvalue weighted by atomic mass is 32.2. The summed E-state index contributed by atoms with van der Waals surface area (Å²) in [4.78, 5) is 13.0. The first kappa shape index (κ1) is 13.1. The van der Waals surface area contributed by atoms with Gasteiger partial charge in [-0.1, -0.05) is 0 Å². The molecule has 4 nitrogen and oxygen atoms in total. The fourth-order valence-corrected chi connectivity index (χ4v) is 2.83. The molecule has 2 heterocycles. The Bertz CT molecular complexity index is 636. The fourth-order valence-electron chi connectivity index (χ4n) is 2.01. The molecule has 0 bridgehead atoms. The monoisotopic (exact) mass is 289 g/mol. The average Bonchev–Trinajstić information content (AvgIpc) is 2.91. The normalized spacial score (nSPS) is 13.2. The number of rotatable bonds is 4. The number of aryl methyl sites for hydroxylation is 1. The lowest BCUT2D eigenvalue weighted by Crippen LogP contribution is -2.15. The first-order valence-electron chi connectivity index (χ1n) is 6.40. The van der Waals surface area contributed by atoms with Crippen LogP contribution in [0.2, 0.25) is 0 Å². The molecule has 0 unspecified atom stereocenters. The van der Waals surface area contributed by atoms with Crippen molar-refractivity contribution in [1.29, 1.82) is 0 Å². The molecule has 1 aliphatic heterocycles. The molecular formula is C15H15NO3S. The van der Waals surface area contributed by atoms with Crippen LogP contribution < -0.4 is 9.47 Å². The summed E-state index contributed by atoms with van der Waals surface area (Å²) in [5.41, 5.74) is 0.748. The van der Waals surface area contributed by atoms with Crippen molar-refractivity contribution < 1.29 is 14.3 Å². The number of nitrogens with zero attached hydrogens (tertiary/aromatic N) is 1. The Morgan fingerprint density at radius 2 is 2.05 bits per heavy atom. The summed E-state index contributed by atoms with van der Waals surface area (Å²) in [7, 11) is 1.91. The number of carbonyl (C=O) groups excluding carboxylic acids is 1. The van der Waals surface area contributed by atoms with Crippen molar-refractivity contribution in [2.24, 2.45) is 7.05 Å². The number of fused-ring (bicyclic) bond motifs is 1. The Balaban J connectivity index is 1.65. The highest BCUT2D eigenvalue weighted by Gasteiger charge is 2.13. The Hall–Kier alpha value is -1.88. The zero-order valence-electron chi connectivity index (χ0n) is 11.2. The van der Waals surface area contributed by atoms with Gasteiger partial charge in [-0.2, -0.15) is 0 Å². The molecule has 5 heteroatoms. The van der Waals surface area contributed by atoms with Crippen LogP contribution in [0.15, 0.2) is 41.6 Å². The lowest BCUT2D eigenvalue weighted by atomic mass is 10.2. The summed E-state index contributed by atoms with van der Waals surface area (Å²) in [6.07, 6.45) is 3.72. The number of Topliss-reactive ketones (excluding diaryl/α,β-unsaturated/α-hetero) is 1. The van der Waals surface area contributed by atoms with E-state index >= 15 is 0 Å². The standard InChI is InChI=1S/C15H15NO3S/c1-16-5-4-11(9-16)13(17)10-20-12-2-3-14-15(8-12)19-7-6-18-14/h2-5,8-9H,6-7,10H2,1H3. The second kappa shape index (κ2) is 5.63. The van der Waals surface area contributed by atoms with Crippen molar-refractivity contribution >= 4 is 17.5 Å². The predicted molar refractivity (Wildman–Crippen MR) is 77.9 cm³/mol. The molecular weight excluding hydrogens is 274 g/mol. The maximum Gasteiger partial charge on any atom is 0.174 e. The maximum atomic E-state index is 12.0. The van der Waals surface area contributed by atoms with Crippen LogP contribution in [0.3, 0.4) is 0 Å².